The van der Waals surface area contributed by atoms with Gasteiger partial charge in [-0.1, -0.05) is 24.3 Å². The van der Waals surface area contributed by atoms with Crippen molar-refractivity contribution >= 4 is 5.91 Å². The maximum Gasteiger partial charge on any atom is 0.221 e. The summed E-state index contributed by atoms with van der Waals surface area (Å²) in [6.07, 6.45) is 2.32. The zero-order valence-corrected chi connectivity index (χ0v) is 8.56. The summed E-state index contributed by atoms with van der Waals surface area (Å²) in [4.78, 5) is 10.8. The van der Waals surface area contributed by atoms with Crippen molar-refractivity contribution in [3.05, 3.63) is 43.0 Å². The second-order valence-electron chi connectivity index (χ2n) is 3.25. The molecule has 1 atom stereocenters. The first kappa shape index (κ1) is 11.3. The van der Waals surface area contributed by atoms with Crippen molar-refractivity contribution in [3.8, 4) is 5.75 Å². The first-order chi connectivity index (χ1) is 7.22. The van der Waals surface area contributed by atoms with Gasteiger partial charge in [0.15, 0.2) is 0 Å². The van der Waals surface area contributed by atoms with E-state index in [2.05, 4.69) is 6.58 Å². The minimum Gasteiger partial charge on any atom is -0.490 e. The quantitative estimate of drug-likeness (QED) is 0.721. The van der Waals surface area contributed by atoms with Crippen LogP contribution in [0.15, 0.2) is 43.0 Å². The van der Waals surface area contributed by atoms with Crippen LogP contribution >= 0.6 is 0 Å². The maximum absolute atomic E-state index is 10.8. The largest absolute Gasteiger partial charge is 0.490 e. The Balaban J connectivity index is 2.58. The fourth-order valence-corrected chi connectivity index (χ4v) is 1.27. The van der Waals surface area contributed by atoms with Gasteiger partial charge in [-0.2, -0.15) is 0 Å². The predicted octanol–water partition coefficient (Wildman–Crippen LogP) is 1.89. The number of carbonyl (C=O) groups is 1. The van der Waals surface area contributed by atoms with Crippen LogP contribution in [-0.2, 0) is 4.79 Å². The van der Waals surface area contributed by atoms with Gasteiger partial charge in [0.2, 0.25) is 5.91 Å². The third kappa shape index (κ3) is 4.31. The summed E-state index contributed by atoms with van der Waals surface area (Å²) >= 11 is 0. The molecule has 0 aliphatic heterocycles. The minimum absolute atomic E-state index is 0.209. The number of rotatable bonds is 6. The number of ether oxygens (including phenoxy) is 1. The molecule has 1 unspecified atom stereocenters. The van der Waals surface area contributed by atoms with Crippen molar-refractivity contribution in [1.29, 1.82) is 0 Å². The first-order valence-corrected chi connectivity index (χ1v) is 4.83. The highest BCUT2D eigenvalue weighted by Gasteiger charge is 2.11. The van der Waals surface area contributed by atoms with Crippen LogP contribution in [0.5, 0.6) is 5.75 Å². The standard InChI is InChI=1S/C12H15NO2/c1-2-6-11(9-12(13)14)15-10-7-4-3-5-8-10/h2-5,7-8,11H,1,6,9H2,(H2,13,14). The van der Waals surface area contributed by atoms with E-state index < -0.39 is 0 Å². The van der Waals surface area contributed by atoms with E-state index in [4.69, 9.17) is 10.5 Å². The number of benzene rings is 1. The molecule has 1 amide bonds. The zero-order chi connectivity index (χ0) is 11.1. The number of amides is 1. The van der Waals surface area contributed by atoms with E-state index >= 15 is 0 Å². The van der Waals surface area contributed by atoms with Crippen molar-refractivity contribution in [2.75, 3.05) is 0 Å². The second-order valence-corrected chi connectivity index (χ2v) is 3.25. The third-order valence-corrected chi connectivity index (χ3v) is 1.90. The molecule has 1 rings (SSSR count). The molecule has 0 spiro atoms. The Bertz CT molecular complexity index is 322. The molecule has 80 valence electrons. The van der Waals surface area contributed by atoms with Crippen LogP contribution in [0.2, 0.25) is 0 Å². The number of hydrogen-bond donors (Lipinski definition) is 1. The Morgan fingerprint density at radius 2 is 2.13 bits per heavy atom. The Hall–Kier alpha value is -1.77. The monoisotopic (exact) mass is 205 g/mol. The topological polar surface area (TPSA) is 52.3 Å². The Labute approximate surface area is 89.5 Å². The van der Waals surface area contributed by atoms with E-state index in [9.17, 15) is 4.79 Å². The molecule has 1 aromatic carbocycles. The van der Waals surface area contributed by atoms with Crippen LogP contribution in [0, 0.1) is 0 Å². The molecular formula is C12H15NO2. The SMILES string of the molecule is C=CCC(CC(N)=O)Oc1ccccc1. The van der Waals surface area contributed by atoms with Crippen molar-refractivity contribution in [1.82, 2.24) is 0 Å². The van der Waals surface area contributed by atoms with Gasteiger partial charge in [0.05, 0.1) is 6.42 Å². The van der Waals surface area contributed by atoms with Crippen LogP contribution in [0.25, 0.3) is 0 Å². The van der Waals surface area contributed by atoms with Crippen molar-refractivity contribution < 1.29 is 9.53 Å². The highest BCUT2D eigenvalue weighted by atomic mass is 16.5. The summed E-state index contributed by atoms with van der Waals surface area (Å²) in [6.45, 7) is 3.62. The molecular weight excluding hydrogens is 190 g/mol. The average molecular weight is 205 g/mol. The fourth-order valence-electron chi connectivity index (χ4n) is 1.27. The van der Waals surface area contributed by atoms with E-state index in [0.717, 1.165) is 5.75 Å². The lowest BCUT2D eigenvalue weighted by Gasteiger charge is -2.15. The average Bonchev–Trinajstić information content (AvgIpc) is 2.18. The Kier molecular flexibility index (Phi) is 4.41. The number of carbonyl (C=O) groups excluding carboxylic acids is 1. The van der Waals surface area contributed by atoms with Gasteiger partial charge in [-0.15, -0.1) is 6.58 Å². The molecule has 3 nitrogen and oxygen atoms in total. The molecule has 0 fully saturated rings. The summed E-state index contributed by atoms with van der Waals surface area (Å²) in [5.74, 6) is 0.378. The van der Waals surface area contributed by atoms with Crippen LogP contribution in [-0.4, -0.2) is 12.0 Å². The predicted molar refractivity (Wildman–Crippen MR) is 59.5 cm³/mol. The van der Waals surface area contributed by atoms with Crippen molar-refractivity contribution in [2.45, 2.75) is 18.9 Å². The molecule has 0 bridgehead atoms. The maximum atomic E-state index is 10.8. The van der Waals surface area contributed by atoms with Crippen molar-refractivity contribution in [2.24, 2.45) is 5.73 Å². The van der Waals surface area contributed by atoms with E-state index in [1.807, 2.05) is 30.3 Å². The highest BCUT2D eigenvalue weighted by molar-refractivity contribution is 5.74. The smallest absolute Gasteiger partial charge is 0.221 e. The highest BCUT2D eigenvalue weighted by Crippen LogP contribution is 2.14. The minimum atomic E-state index is -0.363. The molecule has 0 saturated heterocycles. The molecule has 0 aromatic heterocycles. The number of nitrogens with two attached hydrogens (primary N) is 1. The Morgan fingerprint density at radius 1 is 1.47 bits per heavy atom. The number of primary amides is 1. The molecule has 0 saturated carbocycles. The van der Waals surface area contributed by atoms with Gasteiger partial charge in [0.1, 0.15) is 11.9 Å². The number of para-hydroxylation sites is 1. The molecule has 1 aromatic rings. The molecule has 3 heteroatoms. The summed E-state index contributed by atoms with van der Waals surface area (Å²) in [5, 5.41) is 0. The lowest BCUT2D eigenvalue weighted by Crippen LogP contribution is -2.24. The summed E-state index contributed by atoms with van der Waals surface area (Å²) in [5.41, 5.74) is 5.12. The molecule has 2 N–H and O–H groups in total. The van der Waals surface area contributed by atoms with E-state index in [1.165, 1.54) is 0 Å². The Morgan fingerprint density at radius 3 is 2.67 bits per heavy atom. The normalized spacial score (nSPS) is 11.7. The van der Waals surface area contributed by atoms with E-state index in [0.29, 0.717) is 6.42 Å². The summed E-state index contributed by atoms with van der Waals surface area (Å²) < 4.78 is 5.59. The van der Waals surface area contributed by atoms with Gasteiger partial charge in [-0.05, 0) is 12.1 Å². The van der Waals surface area contributed by atoms with Gasteiger partial charge in [0.25, 0.3) is 0 Å². The first-order valence-electron chi connectivity index (χ1n) is 4.83. The molecule has 0 radical (unpaired) electrons. The van der Waals surface area contributed by atoms with Gasteiger partial charge in [0, 0.05) is 6.42 Å². The second kappa shape index (κ2) is 5.86. The lowest BCUT2D eigenvalue weighted by atomic mass is 10.2. The van der Waals surface area contributed by atoms with Gasteiger partial charge >= 0.3 is 0 Å². The van der Waals surface area contributed by atoms with Crippen molar-refractivity contribution in [3.63, 3.8) is 0 Å². The summed E-state index contributed by atoms with van der Waals surface area (Å²) in [6, 6.07) is 9.35. The van der Waals surface area contributed by atoms with Gasteiger partial charge in [-0.3, -0.25) is 4.79 Å². The molecule has 0 heterocycles. The zero-order valence-electron chi connectivity index (χ0n) is 8.56. The fraction of sp³-hybridized carbons (Fsp3) is 0.250. The molecule has 0 aliphatic carbocycles. The van der Waals surface area contributed by atoms with Crippen LogP contribution in [0.4, 0.5) is 0 Å². The van der Waals surface area contributed by atoms with Gasteiger partial charge in [-0.25, -0.2) is 0 Å². The van der Waals surface area contributed by atoms with Crippen LogP contribution in [0.3, 0.4) is 0 Å². The van der Waals surface area contributed by atoms with E-state index in [1.54, 1.807) is 6.08 Å². The number of hydrogen-bond acceptors (Lipinski definition) is 2. The molecule has 0 aliphatic rings. The van der Waals surface area contributed by atoms with Crippen LogP contribution < -0.4 is 10.5 Å². The lowest BCUT2D eigenvalue weighted by molar-refractivity contribution is -0.119. The van der Waals surface area contributed by atoms with Gasteiger partial charge < -0.3 is 10.5 Å². The summed E-state index contributed by atoms with van der Waals surface area (Å²) in [7, 11) is 0. The van der Waals surface area contributed by atoms with E-state index in [-0.39, 0.29) is 18.4 Å². The third-order valence-electron chi connectivity index (χ3n) is 1.90. The van der Waals surface area contributed by atoms with Crippen LogP contribution in [0.1, 0.15) is 12.8 Å². The molecule has 15 heavy (non-hydrogen) atoms.